The van der Waals surface area contributed by atoms with Gasteiger partial charge in [-0.05, 0) is 71.8 Å². The van der Waals surface area contributed by atoms with Crippen molar-refractivity contribution in [3.8, 4) is 5.75 Å². The number of benzene rings is 3. The Bertz CT molecular complexity index is 1330. The average Bonchev–Trinajstić information content (AvgIpc) is 3.09. The summed E-state index contributed by atoms with van der Waals surface area (Å²) in [5.74, 6) is -0.884. The number of carbonyl (C=O) groups excluding carboxylic acids is 2. The van der Waals surface area contributed by atoms with Gasteiger partial charge in [0.05, 0.1) is 18.7 Å². The van der Waals surface area contributed by atoms with E-state index in [1.807, 2.05) is 56.3 Å². The molecule has 0 saturated carbocycles. The molecule has 1 amide bonds. The lowest BCUT2D eigenvalue weighted by Crippen LogP contribution is -2.29. The SMILES string of the molecule is COc1ccc(N2C(=O)C(=O)/C(=C(/O)c3cc(C(C)(C)C)ccc3C)C2c2ccccc2C)cc1. The van der Waals surface area contributed by atoms with Gasteiger partial charge in [-0.1, -0.05) is 57.2 Å². The van der Waals surface area contributed by atoms with Crippen molar-refractivity contribution in [1.82, 2.24) is 0 Å². The molecule has 0 spiro atoms. The molecule has 1 atom stereocenters. The highest BCUT2D eigenvalue weighted by Crippen LogP contribution is 2.44. The lowest BCUT2D eigenvalue weighted by atomic mass is 9.84. The number of amides is 1. The summed E-state index contributed by atoms with van der Waals surface area (Å²) in [6.45, 7) is 10.1. The van der Waals surface area contributed by atoms with Crippen LogP contribution in [0.3, 0.4) is 0 Å². The van der Waals surface area contributed by atoms with Crippen LogP contribution in [0.15, 0.2) is 72.3 Å². The molecule has 1 unspecified atom stereocenters. The molecule has 1 aliphatic heterocycles. The third-order valence-corrected chi connectivity index (χ3v) is 6.64. The molecular weight excluding hydrogens is 438 g/mol. The Morgan fingerprint density at radius 3 is 2.17 bits per heavy atom. The van der Waals surface area contributed by atoms with Gasteiger partial charge in [0.15, 0.2) is 0 Å². The van der Waals surface area contributed by atoms with Crippen LogP contribution in [0.2, 0.25) is 0 Å². The zero-order valence-electron chi connectivity index (χ0n) is 21.0. The van der Waals surface area contributed by atoms with Crippen LogP contribution in [-0.2, 0) is 15.0 Å². The number of hydrogen-bond donors (Lipinski definition) is 1. The molecule has 5 nitrogen and oxygen atoms in total. The molecule has 1 heterocycles. The Labute approximate surface area is 206 Å². The quantitative estimate of drug-likeness (QED) is 0.279. The van der Waals surface area contributed by atoms with Crippen LogP contribution < -0.4 is 9.64 Å². The molecule has 4 rings (SSSR count). The topological polar surface area (TPSA) is 66.8 Å². The number of hydrogen-bond acceptors (Lipinski definition) is 4. The van der Waals surface area contributed by atoms with E-state index in [4.69, 9.17) is 4.74 Å². The van der Waals surface area contributed by atoms with E-state index < -0.39 is 17.7 Å². The van der Waals surface area contributed by atoms with Crippen LogP contribution >= 0.6 is 0 Å². The third kappa shape index (κ3) is 4.34. The van der Waals surface area contributed by atoms with E-state index >= 15 is 0 Å². The second-order valence-electron chi connectivity index (χ2n) is 10.0. The molecule has 0 radical (unpaired) electrons. The Morgan fingerprint density at radius 1 is 0.914 bits per heavy atom. The largest absolute Gasteiger partial charge is 0.507 e. The summed E-state index contributed by atoms with van der Waals surface area (Å²) in [6, 6.07) is 19.8. The summed E-state index contributed by atoms with van der Waals surface area (Å²) in [7, 11) is 1.57. The van der Waals surface area contributed by atoms with Crippen LogP contribution in [-0.4, -0.2) is 23.9 Å². The molecule has 5 heteroatoms. The number of ether oxygens (including phenoxy) is 1. The second kappa shape index (κ2) is 9.06. The van der Waals surface area contributed by atoms with Gasteiger partial charge in [-0.3, -0.25) is 14.5 Å². The molecule has 35 heavy (non-hydrogen) atoms. The molecule has 180 valence electrons. The summed E-state index contributed by atoms with van der Waals surface area (Å²) in [5.41, 5.74) is 4.63. The van der Waals surface area contributed by atoms with Crippen LogP contribution in [0.5, 0.6) is 5.75 Å². The van der Waals surface area contributed by atoms with Gasteiger partial charge < -0.3 is 9.84 Å². The number of ketones is 1. The fourth-order valence-corrected chi connectivity index (χ4v) is 4.52. The summed E-state index contributed by atoms with van der Waals surface area (Å²) in [6.07, 6.45) is 0. The number of anilines is 1. The first-order chi connectivity index (χ1) is 16.5. The van der Waals surface area contributed by atoms with Crippen molar-refractivity contribution in [3.63, 3.8) is 0 Å². The molecule has 0 aromatic heterocycles. The minimum absolute atomic E-state index is 0.0919. The Hall–Kier alpha value is -3.86. The monoisotopic (exact) mass is 469 g/mol. The minimum Gasteiger partial charge on any atom is -0.507 e. The first-order valence-electron chi connectivity index (χ1n) is 11.7. The Kier molecular flexibility index (Phi) is 6.28. The standard InChI is InChI=1S/C30H31NO4/c1-18-9-7-8-10-23(18)26-25(27(32)24-17-20(30(3,4)5)12-11-19(24)2)28(33)29(34)31(26)21-13-15-22(35-6)16-14-21/h7-17,26,32H,1-6H3/b27-25+. The first kappa shape index (κ1) is 24.3. The highest BCUT2D eigenvalue weighted by atomic mass is 16.5. The summed E-state index contributed by atoms with van der Waals surface area (Å²) < 4.78 is 5.26. The number of carbonyl (C=O) groups is 2. The normalized spacial score (nSPS) is 17.7. The average molecular weight is 470 g/mol. The van der Waals surface area contributed by atoms with Gasteiger partial charge in [-0.15, -0.1) is 0 Å². The van der Waals surface area contributed by atoms with Crippen LogP contribution in [0, 0.1) is 13.8 Å². The van der Waals surface area contributed by atoms with E-state index in [1.165, 1.54) is 4.90 Å². The lowest BCUT2D eigenvalue weighted by Gasteiger charge is -2.27. The number of aliphatic hydroxyl groups is 1. The summed E-state index contributed by atoms with van der Waals surface area (Å²) >= 11 is 0. The van der Waals surface area contributed by atoms with Crippen molar-refractivity contribution < 1.29 is 19.4 Å². The summed E-state index contributed by atoms with van der Waals surface area (Å²) in [4.78, 5) is 28.4. The smallest absolute Gasteiger partial charge is 0.300 e. The predicted octanol–water partition coefficient (Wildman–Crippen LogP) is 6.24. The molecule has 1 aliphatic rings. The number of aliphatic hydroxyl groups excluding tert-OH is 1. The molecular formula is C30H31NO4. The fourth-order valence-electron chi connectivity index (χ4n) is 4.52. The second-order valence-corrected chi connectivity index (χ2v) is 10.0. The lowest BCUT2D eigenvalue weighted by molar-refractivity contribution is -0.132. The molecule has 3 aromatic carbocycles. The first-order valence-corrected chi connectivity index (χ1v) is 11.7. The van der Waals surface area contributed by atoms with Crippen molar-refractivity contribution in [1.29, 1.82) is 0 Å². The number of aryl methyl sites for hydroxylation is 2. The number of nitrogens with zero attached hydrogens (tertiary/aromatic N) is 1. The van der Waals surface area contributed by atoms with Crippen molar-refractivity contribution in [2.24, 2.45) is 0 Å². The molecule has 0 aliphatic carbocycles. The van der Waals surface area contributed by atoms with E-state index in [1.54, 1.807) is 31.4 Å². The predicted molar refractivity (Wildman–Crippen MR) is 139 cm³/mol. The minimum atomic E-state index is -0.762. The van der Waals surface area contributed by atoms with E-state index in [-0.39, 0.29) is 16.7 Å². The molecule has 3 aromatic rings. The fraction of sp³-hybridized carbons (Fsp3) is 0.267. The van der Waals surface area contributed by atoms with Crippen molar-refractivity contribution in [2.75, 3.05) is 12.0 Å². The van der Waals surface area contributed by atoms with E-state index in [0.717, 1.165) is 22.3 Å². The van der Waals surface area contributed by atoms with E-state index in [0.29, 0.717) is 17.0 Å². The van der Waals surface area contributed by atoms with Gasteiger partial charge in [0.25, 0.3) is 11.7 Å². The molecule has 0 bridgehead atoms. The molecule has 1 saturated heterocycles. The zero-order valence-corrected chi connectivity index (χ0v) is 21.0. The number of Topliss-reactive ketones (excluding diaryl/α,β-unsaturated/α-hetero) is 1. The van der Waals surface area contributed by atoms with Crippen LogP contribution in [0.25, 0.3) is 5.76 Å². The zero-order chi connectivity index (χ0) is 25.5. The Balaban J connectivity index is 1.98. The van der Waals surface area contributed by atoms with E-state index in [2.05, 4.69) is 20.8 Å². The molecule has 1 N–H and O–H groups in total. The van der Waals surface area contributed by atoms with Gasteiger partial charge in [-0.25, -0.2) is 0 Å². The van der Waals surface area contributed by atoms with Gasteiger partial charge in [0.1, 0.15) is 11.5 Å². The van der Waals surface area contributed by atoms with Gasteiger partial charge in [0.2, 0.25) is 0 Å². The maximum atomic E-state index is 13.5. The van der Waals surface area contributed by atoms with Gasteiger partial charge in [0, 0.05) is 11.3 Å². The number of methoxy groups -OCH3 is 1. The molecule has 1 fully saturated rings. The van der Waals surface area contributed by atoms with Crippen LogP contribution in [0.1, 0.15) is 54.6 Å². The summed E-state index contributed by atoms with van der Waals surface area (Å²) in [5, 5.41) is 11.6. The maximum Gasteiger partial charge on any atom is 0.300 e. The highest BCUT2D eigenvalue weighted by molar-refractivity contribution is 6.51. The highest BCUT2D eigenvalue weighted by Gasteiger charge is 2.47. The Morgan fingerprint density at radius 2 is 1.57 bits per heavy atom. The van der Waals surface area contributed by atoms with Crippen LogP contribution in [0.4, 0.5) is 5.69 Å². The number of rotatable bonds is 4. The van der Waals surface area contributed by atoms with Crippen molar-refractivity contribution in [3.05, 3.63) is 100 Å². The van der Waals surface area contributed by atoms with Crippen molar-refractivity contribution >= 4 is 23.1 Å². The van der Waals surface area contributed by atoms with Gasteiger partial charge in [-0.2, -0.15) is 0 Å². The third-order valence-electron chi connectivity index (χ3n) is 6.64. The van der Waals surface area contributed by atoms with E-state index in [9.17, 15) is 14.7 Å². The maximum absolute atomic E-state index is 13.5. The van der Waals surface area contributed by atoms with Gasteiger partial charge >= 0.3 is 0 Å². The van der Waals surface area contributed by atoms with Crippen molar-refractivity contribution in [2.45, 2.75) is 46.1 Å².